The number of rotatable bonds is 9. The normalized spacial score (nSPS) is 11.3. The van der Waals surface area contributed by atoms with Crippen LogP contribution in [0.15, 0.2) is 52.1 Å². The molecule has 0 saturated carbocycles. The van der Waals surface area contributed by atoms with Crippen LogP contribution in [0.1, 0.15) is 29.5 Å². The van der Waals surface area contributed by atoms with E-state index in [2.05, 4.69) is 15.6 Å². The van der Waals surface area contributed by atoms with Gasteiger partial charge >= 0.3 is 0 Å². The van der Waals surface area contributed by atoms with E-state index in [4.69, 9.17) is 14.9 Å². The third-order valence-corrected chi connectivity index (χ3v) is 3.34. The summed E-state index contributed by atoms with van der Waals surface area (Å²) in [5.41, 5.74) is 7.45. The maximum atomic E-state index is 12.0. The van der Waals surface area contributed by atoms with Gasteiger partial charge in [-0.1, -0.05) is 12.1 Å². The van der Waals surface area contributed by atoms with Crippen LogP contribution in [0.4, 0.5) is 5.69 Å². The van der Waals surface area contributed by atoms with Crippen molar-refractivity contribution in [3.05, 3.63) is 54.0 Å². The first kappa shape index (κ1) is 18.5. The fourth-order valence-electron chi connectivity index (χ4n) is 2.12. The van der Waals surface area contributed by atoms with Gasteiger partial charge in [-0.25, -0.2) is 4.99 Å². The van der Waals surface area contributed by atoms with Gasteiger partial charge in [0.1, 0.15) is 0 Å². The van der Waals surface area contributed by atoms with E-state index in [1.54, 1.807) is 12.1 Å². The van der Waals surface area contributed by atoms with Crippen LogP contribution in [0.5, 0.6) is 0 Å². The highest BCUT2D eigenvalue weighted by molar-refractivity contribution is 6.02. The van der Waals surface area contributed by atoms with Gasteiger partial charge in [0.15, 0.2) is 11.7 Å². The Labute approximate surface area is 147 Å². The highest BCUT2D eigenvalue weighted by atomic mass is 16.5. The number of hydrogen-bond donors (Lipinski definition) is 3. The molecule has 1 aromatic carbocycles. The molecular formula is C18H24N4O3. The highest BCUT2D eigenvalue weighted by Gasteiger charge is 2.08. The standard InChI is InChI=1S/C18H24N4O3/c1-2-24-10-5-9-20-18(19)21-13-14-6-3-7-15(12-14)22-17(23)16-8-4-11-25-16/h3-4,6-8,11-12H,2,5,9-10,13H2,1H3,(H,22,23)(H3,19,20,21). The Morgan fingerprint density at radius 2 is 2.20 bits per heavy atom. The molecule has 2 rings (SSSR count). The molecule has 0 radical (unpaired) electrons. The first-order valence-corrected chi connectivity index (χ1v) is 8.24. The Kier molecular flexibility index (Phi) is 7.52. The van der Waals surface area contributed by atoms with Crippen LogP contribution in [0, 0.1) is 0 Å². The molecule has 4 N–H and O–H groups in total. The lowest BCUT2D eigenvalue weighted by Crippen LogP contribution is -2.32. The van der Waals surface area contributed by atoms with Gasteiger partial charge < -0.3 is 25.5 Å². The third-order valence-electron chi connectivity index (χ3n) is 3.34. The van der Waals surface area contributed by atoms with E-state index in [-0.39, 0.29) is 11.7 Å². The molecule has 0 aliphatic heterocycles. The molecular weight excluding hydrogens is 320 g/mol. The third kappa shape index (κ3) is 6.68. The number of benzene rings is 1. The summed E-state index contributed by atoms with van der Waals surface area (Å²) in [6.45, 7) is 4.53. The number of hydrogen-bond acceptors (Lipinski definition) is 4. The van der Waals surface area contributed by atoms with E-state index in [1.807, 2.05) is 31.2 Å². The Balaban J connectivity index is 1.82. The second kappa shape index (κ2) is 10.1. The average Bonchev–Trinajstić information content (AvgIpc) is 3.15. The zero-order chi connectivity index (χ0) is 17.9. The summed E-state index contributed by atoms with van der Waals surface area (Å²) < 4.78 is 10.3. The number of nitrogens with two attached hydrogens (primary N) is 1. The van der Waals surface area contributed by atoms with E-state index in [0.29, 0.717) is 31.3 Å². The van der Waals surface area contributed by atoms with Crippen molar-refractivity contribution < 1.29 is 13.9 Å². The molecule has 0 atom stereocenters. The fraction of sp³-hybridized carbons (Fsp3) is 0.333. The van der Waals surface area contributed by atoms with Gasteiger partial charge in [0.25, 0.3) is 5.91 Å². The van der Waals surface area contributed by atoms with E-state index in [9.17, 15) is 4.79 Å². The molecule has 0 bridgehead atoms. The summed E-state index contributed by atoms with van der Waals surface area (Å²) in [6, 6.07) is 10.7. The van der Waals surface area contributed by atoms with Crippen molar-refractivity contribution in [1.82, 2.24) is 5.32 Å². The minimum Gasteiger partial charge on any atom is -0.459 e. The molecule has 0 aliphatic rings. The molecule has 7 heteroatoms. The van der Waals surface area contributed by atoms with Gasteiger partial charge in [-0.2, -0.15) is 0 Å². The molecule has 0 saturated heterocycles. The summed E-state index contributed by atoms with van der Waals surface area (Å²) >= 11 is 0. The lowest BCUT2D eigenvalue weighted by atomic mass is 10.2. The number of aliphatic imine (C=N–C) groups is 1. The molecule has 134 valence electrons. The summed E-state index contributed by atoms with van der Waals surface area (Å²) in [5.74, 6) is 0.367. The lowest BCUT2D eigenvalue weighted by molar-refractivity contribution is 0.0996. The second-order valence-corrected chi connectivity index (χ2v) is 5.31. The first-order chi connectivity index (χ1) is 12.2. The van der Waals surface area contributed by atoms with Gasteiger partial charge in [0.2, 0.25) is 0 Å². The predicted molar refractivity (Wildman–Crippen MR) is 97.5 cm³/mol. The van der Waals surface area contributed by atoms with Crippen molar-refractivity contribution in [2.75, 3.05) is 25.1 Å². The summed E-state index contributed by atoms with van der Waals surface area (Å²) in [4.78, 5) is 16.3. The van der Waals surface area contributed by atoms with Crippen molar-refractivity contribution in [1.29, 1.82) is 0 Å². The maximum Gasteiger partial charge on any atom is 0.291 e. The summed E-state index contributed by atoms with van der Waals surface area (Å²) in [5, 5.41) is 5.83. The first-order valence-electron chi connectivity index (χ1n) is 8.24. The van der Waals surface area contributed by atoms with Gasteiger partial charge in [0.05, 0.1) is 12.8 Å². The van der Waals surface area contributed by atoms with Crippen molar-refractivity contribution in [3.63, 3.8) is 0 Å². The molecule has 0 unspecified atom stereocenters. The molecule has 1 amide bonds. The van der Waals surface area contributed by atoms with Crippen LogP contribution >= 0.6 is 0 Å². The van der Waals surface area contributed by atoms with Crippen molar-refractivity contribution in [2.24, 2.45) is 10.7 Å². The SMILES string of the molecule is CCOCCCNC(N)=NCc1cccc(NC(=O)c2ccco2)c1. The van der Waals surface area contributed by atoms with Crippen LogP contribution in [0.3, 0.4) is 0 Å². The van der Waals surface area contributed by atoms with Crippen molar-refractivity contribution in [3.8, 4) is 0 Å². The summed E-state index contributed by atoms with van der Waals surface area (Å²) in [6.07, 6.45) is 2.34. The van der Waals surface area contributed by atoms with Gasteiger partial charge in [-0.15, -0.1) is 0 Å². The van der Waals surface area contributed by atoms with Crippen LogP contribution in [-0.2, 0) is 11.3 Å². The monoisotopic (exact) mass is 344 g/mol. The number of anilines is 1. The van der Waals surface area contributed by atoms with Crippen molar-refractivity contribution >= 4 is 17.6 Å². The van der Waals surface area contributed by atoms with Crippen LogP contribution in [0.2, 0.25) is 0 Å². The molecule has 0 fully saturated rings. The largest absolute Gasteiger partial charge is 0.459 e. The molecule has 2 aromatic rings. The van der Waals surface area contributed by atoms with Crippen LogP contribution < -0.4 is 16.4 Å². The van der Waals surface area contributed by atoms with E-state index in [1.165, 1.54) is 6.26 Å². The Hall–Kier alpha value is -2.80. The van der Waals surface area contributed by atoms with Gasteiger partial charge in [-0.05, 0) is 43.2 Å². The number of guanidine groups is 1. The number of amides is 1. The number of furan rings is 1. The summed E-state index contributed by atoms with van der Waals surface area (Å²) in [7, 11) is 0. The maximum absolute atomic E-state index is 12.0. The minimum atomic E-state index is -0.291. The number of nitrogens with one attached hydrogen (secondary N) is 2. The number of carbonyl (C=O) groups is 1. The van der Waals surface area contributed by atoms with Crippen LogP contribution in [-0.4, -0.2) is 31.6 Å². The molecule has 25 heavy (non-hydrogen) atoms. The van der Waals surface area contributed by atoms with Gasteiger partial charge in [0, 0.05) is 25.4 Å². The number of carbonyl (C=O) groups excluding carboxylic acids is 1. The zero-order valence-corrected chi connectivity index (χ0v) is 14.3. The fourth-order valence-corrected chi connectivity index (χ4v) is 2.12. The Bertz CT molecular complexity index is 683. The smallest absolute Gasteiger partial charge is 0.291 e. The quantitative estimate of drug-likeness (QED) is 0.368. The van der Waals surface area contributed by atoms with E-state index >= 15 is 0 Å². The number of nitrogens with zero attached hydrogens (tertiary/aromatic N) is 1. The second-order valence-electron chi connectivity index (χ2n) is 5.31. The predicted octanol–water partition coefficient (Wildman–Crippen LogP) is 2.36. The highest BCUT2D eigenvalue weighted by Crippen LogP contribution is 2.13. The topological polar surface area (TPSA) is 102 Å². The van der Waals surface area contributed by atoms with Gasteiger partial charge in [-0.3, -0.25) is 4.79 Å². The van der Waals surface area contributed by atoms with Crippen LogP contribution in [0.25, 0.3) is 0 Å². The Morgan fingerprint density at radius 1 is 1.32 bits per heavy atom. The van der Waals surface area contributed by atoms with E-state index < -0.39 is 0 Å². The Morgan fingerprint density at radius 3 is 2.96 bits per heavy atom. The minimum absolute atomic E-state index is 0.268. The van der Waals surface area contributed by atoms with E-state index in [0.717, 1.165) is 18.6 Å². The molecule has 0 aliphatic carbocycles. The molecule has 1 aromatic heterocycles. The molecule has 7 nitrogen and oxygen atoms in total. The average molecular weight is 344 g/mol. The lowest BCUT2D eigenvalue weighted by Gasteiger charge is -2.07. The number of ether oxygens (including phenoxy) is 1. The van der Waals surface area contributed by atoms with Crippen molar-refractivity contribution in [2.45, 2.75) is 19.9 Å². The molecule has 1 heterocycles. The molecule has 0 spiro atoms. The zero-order valence-electron chi connectivity index (χ0n) is 14.3.